The highest BCUT2D eigenvalue weighted by atomic mass is 35.5. The topological polar surface area (TPSA) is 75.7 Å². The Kier molecular flexibility index (Phi) is 7.58. The molecule has 0 heterocycles. The molecular formula is C27H25ClN2O4S. The van der Waals surface area contributed by atoms with Gasteiger partial charge in [0.2, 0.25) is 5.91 Å². The van der Waals surface area contributed by atoms with Crippen molar-refractivity contribution in [2.45, 2.75) is 11.8 Å². The molecule has 4 rings (SSSR count). The largest absolute Gasteiger partial charge is 0.492 e. The van der Waals surface area contributed by atoms with Gasteiger partial charge in [-0.05, 0) is 66.2 Å². The molecule has 35 heavy (non-hydrogen) atoms. The molecule has 8 heteroatoms. The number of anilines is 1. The molecular weight excluding hydrogens is 484 g/mol. The molecule has 6 nitrogen and oxygen atoms in total. The Morgan fingerprint density at radius 1 is 0.914 bits per heavy atom. The lowest BCUT2D eigenvalue weighted by atomic mass is 10.1. The number of amides is 1. The third-order valence-electron chi connectivity index (χ3n) is 5.42. The fraction of sp³-hybridized carbons (Fsp3) is 0.148. The lowest BCUT2D eigenvalue weighted by molar-refractivity contribution is -0.119. The molecule has 0 aliphatic carbocycles. The van der Waals surface area contributed by atoms with Crippen molar-refractivity contribution in [2.24, 2.45) is 0 Å². The van der Waals surface area contributed by atoms with Crippen LogP contribution in [0.25, 0.3) is 10.8 Å². The highest BCUT2D eigenvalue weighted by molar-refractivity contribution is 7.92. The summed E-state index contributed by atoms with van der Waals surface area (Å²) in [7, 11) is -3.98. The second-order valence-corrected chi connectivity index (χ2v) is 10.3. The number of carbonyl (C=O) groups is 1. The van der Waals surface area contributed by atoms with E-state index in [-0.39, 0.29) is 24.6 Å². The van der Waals surface area contributed by atoms with E-state index in [0.717, 1.165) is 20.6 Å². The molecule has 0 spiro atoms. The Morgan fingerprint density at radius 2 is 1.60 bits per heavy atom. The van der Waals surface area contributed by atoms with Crippen LogP contribution in [0.15, 0.2) is 95.9 Å². The van der Waals surface area contributed by atoms with Gasteiger partial charge in [-0.25, -0.2) is 8.42 Å². The molecule has 180 valence electrons. The van der Waals surface area contributed by atoms with E-state index >= 15 is 0 Å². The first-order valence-electron chi connectivity index (χ1n) is 11.1. The number of benzene rings is 4. The fourth-order valence-electron chi connectivity index (χ4n) is 3.56. The van der Waals surface area contributed by atoms with Crippen LogP contribution >= 0.6 is 11.6 Å². The van der Waals surface area contributed by atoms with Crippen LogP contribution in [0.3, 0.4) is 0 Å². The molecule has 0 radical (unpaired) electrons. The Morgan fingerprint density at radius 3 is 2.31 bits per heavy atom. The maximum Gasteiger partial charge on any atom is 0.264 e. The van der Waals surface area contributed by atoms with Crippen molar-refractivity contribution in [1.29, 1.82) is 0 Å². The average Bonchev–Trinajstić information content (AvgIpc) is 2.86. The Balaban J connectivity index is 1.42. The number of aryl methyl sites for hydroxylation is 1. The number of carbonyl (C=O) groups excluding carboxylic acids is 1. The molecule has 0 aliphatic rings. The third kappa shape index (κ3) is 6.12. The summed E-state index contributed by atoms with van der Waals surface area (Å²) in [5.74, 6) is 0.250. The first-order chi connectivity index (χ1) is 16.8. The molecule has 1 amide bonds. The zero-order valence-electron chi connectivity index (χ0n) is 19.1. The summed E-state index contributed by atoms with van der Waals surface area (Å²) in [5.41, 5.74) is 1.28. The van der Waals surface area contributed by atoms with E-state index < -0.39 is 15.9 Å². The molecule has 4 aromatic rings. The van der Waals surface area contributed by atoms with Crippen LogP contribution in [0.4, 0.5) is 5.69 Å². The zero-order valence-corrected chi connectivity index (χ0v) is 20.7. The van der Waals surface area contributed by atoms with Crippen molar-refractivity contribution in [3.63, 3.8) is 0 Å². The second-order valence-electron chi connectivity index (χ2n) is 8.01. The number of halogens is 1. The van der Waals surface area contributed by atoms with Gasteiger partial charge in [0.15, 0.2) is 0 Å². The minimum Gasteiger partial charge on any atom is -0.492 e. The zero-order chi connectivity index (χ0) is 24.8. The standard InChI is InChI=1S/C27H25ClN2O4S/c1-20-6-14-26(15-7-20)35(32,33)30(24-11-9-23(28)10-12-24)19-27(31)29-16-17-34-25-13-8-21-4-2-3-5-22(21)18-25/h2-15,18H,16-17,19H2,1H3,(H,29,31). The molecule has 0 saturated carbocycles. The number of hydrogen-bond donors (Lipinski definition) is 1. The number of ether oxygens (including phenoxy) is 1. The third-order valence-corrected chi connectivity index (χ3v) is 7.46. The number of fused-ring (bicyclic) bond motifs is 1. The van der Waals surface area contributed by atoms with Crippen LogP contribution in [0.1, 0.15) is 5.56 Å². The molecule has 0 bridgehead atoms. The Labute approximate surface area is 210 Å². The number of rotatable bonds is 9. The van der Waals surface area contributed by atoms with E-state index in [2.05, 4.69) is 5.32 Å². The predicted octanol–water partition coefficient (Wildman–Crippen LogP) is 5.19. The smallest absolute Gasteiger partial charge is 0.264 e. The average molecular weight is 509 g/mol. The van der Waals surface area contributed by atoms with Crippen molar-refractivity contribution in [1.82, 2.24) is 5.32 Å². The quantitative estimate of drug-likeness (QED) is 0.316. The van der Waals surface area contributed by atoms with Crippen LogP contribution < -0.4 is 14.4 Å². The van der Waals surface area contributed by atoms with Crippen LogP contribution in [-0.2, 0) is 14.8 Å². The van der Waals surface area contributed by atoms with E-state index in [1.807, 2.05) is 49.4 Å². The normalized spacial score (nSPS) is 11.3. The summed E-state index contributed by atoms with van der Waals surface area (Å²) in [5, 5.41) is 5.39. The van der Waals surface area contributed by atoms with E-state index in [1.54, 1.807) is 36.4 Å². The minimum atomic E-state index is -3.98. The SMILES string of the molecule is Cc1ccc(S(=O)(=O)N(CC(=O)NCCOc2ccc3ccccc3c2)c2ccc(Cl)cc2)cc1. The Hall–Kier alpha value is -3.55. The maximum atomic E-state index is 13.4. The lowest BCUT2D eigenvalue weighted by Crippen LogP contribution is -2.41. The van der Waals surface area contributed by atoms with Crippen LogP contribution in [0.2, 0.25) is 5.02 Å². The highest BCUT2D eigenvalue weighted by Gasteiger charge is 2.27. The summed E-state index contributed by atoms with van der Waals surface area (Å²) in [6.45, 7) is 1.97. The summed E-state index contributed by atoms with van der Waals surface area (Å²) >= 11 is 5.98. The summed E-state index contributed by atoms with van der Waals surface area (Å²) < 4.78 is 33.6. The van der Waals surface area contributed by atoms with Gasteiger partial charge in [-0.15, -0.1) is 0 Å². The molecule has 0 atom stereocenters. The molecule has 1 N–H and O–H groups in total. The van der Waals surface area contributed by atoms with Gasteiger partial charge in [-0.2, -0.15) is 0 Å². The summed E-state index contributed by atoms with van der Waals surface area (Å²) in [6, 6.07) is 26.6. The lowest BCUT2D eigenvalue weighted by Gasteiger charge is -2.24. The number of nitrogens with zero attached hydrogens (tertiary/aromatic N) is 1. The number of sulfonamides is 1. The first-order valence-corrected chi connectivity index (χ1v) is 12.9. The second kappa shape index (κ2) is 10.8. The van der Waals surface area contributed by atoms with Crippen LogP contribution in [0, 0.1) is 6.92 Å². The number of nitrogens with one attached hydrogen (secondary N) is 1. The van der Waals surface area contributed by atoms with Crippen molar-refractivity contribution < 1.29 is 17.9 Å². The summed E-state index contributed by atoms with van der Waals surface area (Å²) in [6.07, 6.45) is 0. The van der Waals surface area contributed by atoms with Gasteiger partial charge in [0.25, 0.3) is 10.0 Å². The van der Waals surface area contributed by atoms with Crippen molar-refractivity contribution in [3.8, 4) is 5.75 Å². The van der Waals surface area contributed by atoms with Gasteiger partial charge in [0.05, 0.1) is 17.1 Å². The number of hydrogen-bond acceptors (Lipinski definition) is 4. The molecule has 0 aromatic heterocycles. The van der Waals surface area contributed by atoms with E-state index in [4.69, 9.17) is 16.3 Å². The predicted molar refractivity (Wildman–Crippen MR) is 140 cm³/mol. The van der Waals surface area contributed by atoms with Gasteiger partial charge in [-0.1, -0.05) is 59.6 Å². The molecule has 0 saturated heterocycles. The van der Waals surface area contributed by atoms with Crippen LogP contribution in [-0.4, -0.2) is 34.0 Å². The van der Waals surface area contributed by atoms with E-state index in [0.29, 0.717) is 16.5 Å². The molecule has 0 aliphatic heterocycles. The van der Waals surface area contributed by atoms with Gasteiger partial charge < -0.3 is 10.1 Å². The molecule has 4 aromatic carbocycles. The maximum absolute atomic E-state index is 13.4. The monoisotopic (exact) mass is 508 g/mol. The van der Waals surface area contributed by atoms with Crippen molar-refractivity contribution >= 4 is 44.0 Å². The van der Waals surface area contributed by atoms with Gasteiger partial charge in [0.1, 0.15) is 18.9 Å². The highest BCUT2D eigenvalue weighted by Crippen LogP contribution is 2.25. The van der Waals surface area contributed by atoms with Crippen molar-refractivity contribution in [2.75, 3.05) is 24.0 Å². The van der Waals surface area contributed by atoms with Gasteiger partial charge in [0, 0.05) is 5.02 Å². The molecule has 0 fully saturated rings. The first kappa shape index (κ1) is 24.6. The molecule has 0 unspecified atom stereocenters. The minimum absolute atomic E-state index is 0.102. The van der Waals surface area contributed by atoms with E-state index in [9.17, 15) is 13.2 Å². The van der Waals surface area contributed by atoms with Gasteiger partial charge in [-0.3, -0.25) is 9.10 Å². The summed E-state index contributed by atoms with van der Waals surface area (Å²) in [4.78, 5) is 12.8. The Bertz CT molecular complexity index is 1420. The fourth-order valence-corrected chi connectivity index (χ4v) is 5.11. The van der Waals surface area contributed by atoms with Gasteiger partial charge >= 0.3 is 0 Å². The van der Waals surface area contributed by atoms with Crippen molar-refractivity contribution in [3.05, 3.63) is 102 Å². The van der Waals surface area contributed by atoms with E-state index in [1.165, 1.54) is 12.1 Å². The van der Waals surface area contributed by atoms with Crippen LogP contribution in [0.5, 0.6) is 5.75 Å².